The summed E-state index contributed by atoms with van der Waals surface area (Å²) < 4.78 is 19.3. The van der Waals surface area contributed by atoms with Crippen molar-refractivity contribution in [3.05, 3.63) is 35.6 Å². The third-order valence-corrected chi connectivity index (χ3v) is 4.01. The van der Waals surface area contributed by atoms with E-state index in [1.807, 2.05) is 6.07 Å². The fourth-order valence-corrected chi connectivity index (χ4v) is 2.91. The van der Waals surface area contributed by atoms with E-state index in [0.717, 1.165) is 6.54 Å². The van der Waals surface area contributed by atoms with Crippen LogP contribution in [0.1, 0.15) is 18.4 Å². The van der Waals surface area contributed by atoms with E-state index >= 15 is 0 Å². The van der Waals surface area contributed by atoms with Crippen molar-refractivity contribution < 1.29 is 9.13 Å². The highest BCUT2D eigenvalue weighted by atomic mass is 19.1. The molecule has 2 nitrogen and oxygen atoms in total. The van der Waals surface area contributed by atoms with Gasteiger partial charge in [-0.05, 0) is 37.9 Å². The zero-order valence-electron chi connectivity index (χ0n) is 9.94. The quantitative estimate of drug-likeness (QED) is 0.798. The summed E-state index contributed by atoms with van der Waals surface area (Å²) in [5.41, 5.74) is 0.670. The molecule has 3 aliphatic rings. The minimum Gasteiger partial charge on any atom is -0.372 e. The zero-order chi connectivity index (χ0) is 11.7. The molecule has 0 radical (unpaired) electrons. The van der Waals surface area contributed by atoms with Gasteiger partial charge in [-0.25, -0.2) is 4.39 Å². The number of nitrogens with zero attached hydrogens (tertiary/aromatic N) is 1. The van der Waals surface area contributed by atoms with E-state index in [2.05, 4.69) is 4.90 Å². The lowest BCUT2D eigenvalue weighted by molar-refractivity contribution is -0.0771. The Labute approximate surface area is 101 Å². The predicted octanol–water partition coefficient (Wildman–Crippen LogP) is 2.44. The number of halogens is 1. The second-order valence-corrected chi connectivity index (χ2v) is 5.08. The van der Waals surface area contributed by atoms with Gasteiger partial charge in [-0.15, -0.1) is 0 Å². The van der Waals surface area contributed by atoms with Crippen molar-refractivity contribution in [1.29, 1.82) is 0 Å². The number of piperidine rings is 3. The van der Waals surface area contributed by atoms with Crippen LogP contribution in [0.2, 0.25) is 0 Å². The van der Waals surface area contributed by atoms with E-state index in [1.54, 1.807) is 12.1 Å². The molecule has 4 rings (SSSR count). The maximum Gasteiger partial charge on any atom is 0.128 e. The molecule has 0 aromatic heterocycles. The summed E-state index contributed by atoms with van der Waals surface area (Å²) >= 11 is 0. The van der Waals surface area contributed by atoms with Gasteiger partial charge in [0.05, 0.1) is 12.7 Å². The van der Waals surface area contributed by atoms with Crippen molar-refractivity contribution in [2.45, 2.75) is 25.6 Å². The van der Waals surface area contributed by atoms with Crippen LogP contribution in [-0.2, 0) is 11.3 Å². The maximum absolute atomic E-state index is 13.4. The summed E-state index contributed by atoms with van der Waals surface area (Å²) in [7, 11) is 0. The van der Waals surface area contributed by atoms with E-state index in [9.17, 15) is 4.39 Å². The first-order valence-corrected chi connectivity index (χ1v) is 6.40. The molecule has 3 aliphatic heterocycles. The van der Waals surface area contributed by atoms with Gasteiger partial charge >= 0.3 is 0 Å². The summed E-state index contributed by atoms with van der Waals surface area (Å²) in [4.78, 5) is 2.45. The Morgan fingerprint density at radius 3 is 2.65 bits per heavy atom. The Kier molecular flexibility index (Phi) is 3.12. The normalized spacial score (nSPS) is 31.7. The molecule has 1 aromatic carbocycles. The molecule has 1 atom stereocenters. The average molecular weight is 235 g/mol. The van der Waals surface area contributed by atoms with Crippen LogP contribution in [0.4, 0.5) is 4.39 Å². The first-order chi connectivity index (χ1) is 8.33. The van der Waals surface area contributed by atoms with E-state index in [-0.39, 0.29) is 5.82 Å². The van der Waals surface area contributed by atoms with Gasteiger partial charge in [-0.2, -0.15) is 0 Å². The number of fused-ring (bicyclic) bond motifs is 3. The molecule has 3 saturated heterocycles. The molecule has 3 heterocycles. The van der Waals surface area contributed by atoms with E-state index in [1.165, 1.54) is 32.0 Å². The van der Waals surface area contributed by atoms with Gasteiger partial charge in [0.15, 0.2) is 0 Å². The average Bonchev–Trinajstić information content (AvgIpc) is 2.39. The number of rotatable bonds is 3. The third-order valence-electron chi connectivity index (χ3n) is 4.01. The molecule has 2 bridgehead atoms. The van der Waals surface area contributed by atoms with E-state index in [4.69, 9.17) is 4.74 Å². The van der Waals surface area contributed by atoms with Crippen LogP contribution in [0.15, 0.2) is 24.3 Å². The molecule has 3 fully saturated rings. The van der Waals surface area contributed by atoms with Gasteiger partial charge in [0.2, 0.25) is 0 Å². The van der Waals surface area contributed by atoms with Crippen molar-refractivity contribution in [2.75, 3.05) is 19.6 Å². The molecule has 0 N–H and O–H groups in total. The second kappa shape index (κ2) is 4.75. The lowest BCUT2D eigenvalue weighted by atomic mass is 9.86. The van der Waals surface area contributed by atoms with Gasteiger partial charge in [-0.1, -0.05) is 18.2 Å². The number of ether oxygens (including phenoxy) is 1. The van der Waals surface area contributed by atoms with Crippen molar-refractivity contribution in [3.8, 4) is 0 Å². The van der Waals surface area contributed by atoms with E-state index < -0.39 is 0 Å². The Balaban J connectivity index is 1.60. The van der Waals surface area contributed by atoms with Crippen molar-refractivity contribution in [3.63, 3.8) is 0 Å². The highest BCUT2D eigenvalue weighted by Gasteiger charge is 2.34. The van der Waals surface area contributed by atoms with E-state index in [0.29, 0.717) is 24.2 Å². The summed E-state index contributed by atoms with van der Waals surface area (Å²) in [5, 5.41) is 0. The van der Waals surface area contributed by atoms with Gasteiger partial charge in [-0.3, -0.25) is 0 Å². The molecule has 0 saturated carbocycles. The third kappa shape index (κ3) is 2.35. The standard InChI is InChI=1S/C14H18FNO/c15-13-4-2-1-3-12(13)10-17-14-9-16-7-5-11(14)6-8-16/h1-4,11,14H,5-10H2/t14-/m0/s1. The molecule has 3 heteroatoms. The fraction of sp³-hybridized carbons (Fsp3) is 0.571. The first-order valence-electron chi connectivity index (χ1n) is 6.40. The monoisotopic (exact) mass is 235 g/mol. The van der Waals surface area contributed by atoms with Crippen molar-refractivity contribution >= 4 is 0 Å². The van der Waals surface area contributed by atoms with Crippen molar-refractivity contribution in [1.82, 2.24) is 4.90 Å². The molecule has 0 amide bonds. The minimum absolute atomic E-state index is 0.159. The fourth-order valence-electron chi connectivity index (χ4n) is 2.91. The van der Waals surface area contributed by atoms with Gasteiger partial charge in [0, 0.05) is 12.1 Å². The highest BCUT2D eigenvalue weighted by Crippen LogP contribution is 2.30. The molecule has 1 aromatic rings. The van der Waals surface area contributed by atoms with Crippen LogP contribution in [0.25, 0.3) is 0 Å². The van der Waals surface area contributed by atoms with Crippen LogP contribution in [0, 0.1) is 11.7 Å². The Morgan fingerprint density at radius 1 is 1.24 bits per heavy atom. The SMILES string of the molecule is Fc1ccccc1CO[C@H]1CN2CCC1CC2. The molecule has 17 heavy (non-hydrogen) atoms. The Bertz CT molecular complexity index is 388. The molecular weight excluding hydrogens is 217 g/mol. The second-order valence-electron chi connectivity index (χ2n) is 5.08. The number of hydrogen-bond donors (Lipinski definition) is 0. The van der Waals surface area contributed by atoms with Crippen LogP contribution in [-0.4, -0.2) is 30.6 Å². The van der Waals surface area contributed by atoms with Crippen LogP contribution in [0.3, 0.4) is 0 Å². The summed E-state index contributed by atoms with van der Waals surface area (Å²) in [6.45, 7) is 3.86. The summed E-state index contributed by atoms with van der Waals surface area (Å²) in [6, 6.07) is 6.87. The van der Waals surface area contributed by atoms with Gasteiger partial charge in [0.25, 0.3) is 0 Å². The molecule has 0 unspecified atom stereocenters. The number of benzene rings is 1. The van der Waals surface area contributed by atoms with Crippen LogP contribution >= 0.6 is 0 Å². The summed E-state index contributed by atoms with van der Waals surface area (Å²) in [5.74, 6) is 0.528. The predicted molar refractivity (Wildman–Crippen MR) is 64.1 cm³/mol. The Hall–Kier alpha value is -0.930. The van der Waals surface area contributed by atoms with Crippen molar-refractivity contribution in [2.24, 2.45) is 5.92 Å². The molecule has 0 aliphatic carbocycles. The lowest BCUT2D eigenvalue weighted by Gasteiger charge is -2.44. The molecule has 0 spiro atoms. The lowest BCUT2D eigenvalue weighted by Crippen LogP contribution is -2.51. The molecule has 92 valence electrons. The highest BCUT2D eigenvalue weighted by molar-refractivity contribution is 5.16. The zero-order valence-corrected chi connectivity index (χ0v) is 9.94. The maximum atomic E-state index is 13.4. The largest absolute Gasteiger partial charge is 0.372 e. The summed E-state index contributed by atoms with van der Waals surface area (Å²) in [6.07, 6.45) is 2.78. The Morgan fingerprint density at radius 2 is 2.00 bits per heavy atom. The van der Waals surface area contributed by atoms with Gasteiger partial charge < -0.3 is 9.64 Å². The van der Waals surface area contributed by atoms with Gasteiger partial charge in [0.1, 0.15) is 5.82 Å². The minimum atomic E-state index is -0.159. The van der Waals surface area contributed by atoms with Crippen LogP contribution < -0.4 is 0 Å². The number of hydrogen-bond acceptors (Lipinski definition) is 2. The smallest absolute Gasteiger partial charge is 0.128 e. The molecular formula is C14H18FNO. The topological polar surface area (TPSA) is 12.5 Å². The first kappa shape index (κ1) is 11.2. The van der Waals surface area contributed by atoms with Crippen LogP contribution in [0.5, 0.6) is 0 Å².